The quantitative estimate of drug-likeness (QED) is 0.824. The molecule has 2 heterocycles. The Kier molecular flexibility index (Phi) is 2.90. The largest absolute Gasteiger partial charge is 0.457 e. The predicted molar refractivity (Wildman–Crippen MR) is 72.6 cm³/mol. The zero-order valence-corrected chi connectivity index (χ0v) is 11.5. The van der Waals surface area contributed by atoms with Crippen molar-refractivity contribution < 1.29 is 18.8 Å². The number of amides is 3. The highest BCUT2D eigenvalue weighted by atomic mass is 79.9. The van der Waals surface area contributed by atoms with Crippen LogP contribution in [-0.4, -0.2) is 17.7 Å². The van der Waals surface area contributed by atoms with E-state index in [1.807, 2.05) is 0 Å². The van der Waals surface area contributed by atoms with Crippen molar-refractivity contribution in [1.82, 2.24) is 5.32 Å². The lowest BCUT2D eigenvalue weighted by molar-refractivity contribution is 0.0878. The molecule has 0 bridgehead atoms. The third-order valence-corrected chi connectivity index (χ3v) is 3.47. The molecule has 0 saturated carbocycles. The minimum Gasteiger partial charge on any atom is -0.457 e. The van der Waals surface area contributed by atoms with E-state index in [0.29, 0.717) is 21.5 Å². The molecule has 0 saturated heterocycles. The van der Waals surface area contributed by atoms with Crippen LogP contribution in [-0.2, 0) is 0 Å². The second kappa shape index (κ2) is 4.61. The van der Waals surface area contributed by atoms with Crippen LogP contribution < -0.4 is 10.6 Å². The fourth-order valence-corrected chi connectivity index (χ4v) is 2.32. The van der Waals surface area contributed by atoms with Gasteiger partial charge in [-0.1, -0.05) is 0 Å². The molecule has 20 heavy (non-hydrogen) atoms. The molecule has 0 unspecified atom stereocenters. The Bertz CT molecular complexity index is 751. The number of fused-ring (bicyclic) bond motifs is 1. The highest BCUT2D eigenvalue weighted by Gasteiger charge is 2.27. The molecule has 1 aromatic carbocycles. The number of hydrogen-bond donors (Lipinski definition) is 2. The van der Waals surface area contributed by atoms with E-state index in [9.17, 15) is 14.4 Å². The number of carbonyl (C=O) groups is 3. The van der Waals surface area contributed by atoms with Crippen molar-refractivity contribution in [2.24, 2.45) is 0 Å². The van der Waals surface area contributed by atoms with Crippen molar-refractivity contribution in [1.29, 1.82) is 0 Å². The summed E-state index contributed by atoms with van der Waals surface area (Å²) in [6, 6.07) is 6.03. The second-order valence-corrected chi connectivity index (χ2v) is 4.83. The van der Waals surface area contributed by atoms with Gasteiger partial charge in [0.1, 0.15) is 0 Å². The molecule has 6 nitrogen and oxygen atoms in total. The van der Waals surface area contributed by atoms with Crippen LogP contribution >= 0.6 is 15.9 Å². The maximum absolute atomic E-state index is 12.0. The molecule has 100 valence electrons. The number of benzene rings is 1. The summed E-state index contributed by atoms with van der Waals surface area (Å²) in [5, 5.41) is 4.82. The number of carbonyl (C=O) groups excluding carboxylic acids is 3. The summed E-state index contributed by atoms with van der Waals surface area (Å²) < 4.78 is 5.30. The molecule has 2 N–H and O–H groups in total. The topological polar surface area (TPSA) is 88.4 Å². The lowest BCUT2D eigenvalue weighted by Gasteiger charge is -2.05. The SMILES string of the molecule is O=C1NC(=O)c2cc(NC(=O)c3ccoc3Br)ccc21. The summed E-state index contributed by atoms with van der Waals surface area (Å²) >= 11 is 3.11. The molecule has 0 fully saturated rings. The van der Waals surface area contributed by atoms with Gasteiger partial charge in [-0.3, -0.25) is 19.7 Å². The predicted octanol–water partition coefficient (Wildman–Crippen LogP) is 2.18. The molecule has 0 radical (unpaired) electrons. The molecule has 0 spiro atoms. The highest BCUT2D eigenvalue weighted by Crippen LogP contribution is 2.22. The molecule has 2 aromatic rings. The van der Waals surface area contributed by atoms with Gasteiger partial charge in [-0.05, 0) is 40.2 Å². The van der Waals surface area contributed by atoms with Gasteiger partial charge >= 0.3 is 0 Å². The lowest BCUT2D eigenvalue weighted by atomic mass is 10.1. The summed E-state index contributed by atoms with van der Waals surface area (Å²) in [5.41, 5.74) is 1.31. The number of hydrogen-bond acceptors (Lipinski definition) is 4. The van der Waals surface area contributed by atoms with E-state index in [1.165, 1.54) is 24.5 Å². The number of nitrogens with one attached hydrogen (secondary N) is 2. The van der Waals surface area contributed by atoms with Crippen LogP contribution in [0.25, 0.3) is 0 Å². The molecule has 7 heteroatoms. The van der Waals surface area contributed by atoms with E-state index >= 15 is 0 Å². The van der Waals surface area contributed by atoms with Gasteiger partial charge in [0.15, 0.2) is 4.67 Å². The fraction of sp³-hybridized carbons (Fsp3) is 0. The lowest BCUT2D eigenvalue weighted by Crippen LogP contribution is -2.19. The van der Waals surface area contributed by atoms with Gasteiger partial charge in [0.2, 0.25) is 0 Å². The summed E-state index contributed by atoms with van der Waals surface area (Å²) in [7, 11) is 0. The van der Waals surface area contributed by atoms with Crippen LogP contribution in [0, 0.1) is 0 Å². The first kappa shape index (κ1) is 12.6. The first-order valence-electron chi connectivity index (χ1n) is 5.60. The Morgan fingerprint density at radius 3 is 2.60 bits per heavy atom. The highest BCUT2D eigenvalue weighted by molar-refractivity contribution is 9.10. The maximum atomic E-state index is 12.0. The van der Waals surface area contributed by atoms with Gasteiger partial charge in [-0.15, -0.1) is 0 Å². The van der Waals surface area contributed by atoms with E-state index in [1.54, 1.807) is 6.07 Å². The Labute approximate surface area is 121 Å². The van der Waals surface area contributed by atoms with E-state index in [2.05, 4.69) is 26.6 Å². The minimum atomic E-state index is -0.467. The number of halogens is 1. The summed E-state index contributed by atoms with van der Waals surface area (Å²) in [4.78, 5) is 34.9. The van der Waals surface area contributed by atoms with Gasteiger partial charge in [0, 0.05) is 5.69 Å². The van der Waals surface area contributed by atoms with Crippen LogP contribution in [0.15, 0.2) is 39.6 Å². The maximum Gasteiger partial charge on any atom is 0.260 e. The normalized spacial score (nSPS) is 13.1. The van der Waals surface area contributed by atoms with Crippen molar-refractivity contribution in [2.45, 2.75) is 0 Å². The molecular weight excluding hydrogens is 328 g/mol. The van der Waals surface area contributed by atoms with Crippen molar-refractivity contribution in [3.05, 3.63) is 51.9 Å². The van der Waals surface area contributed by atoms with Gasteiger partial charge in [0.05, 0.1) is 23.0 Å². The smallest absolute Gasteiger partial charge is 0.260 e. The summed E-state index contributed by atoms with van der Waals surface area (Å²) in [6.45, 7) is 0. The Morgan fingerprint density at radius 1 is 1.15 bits per heavy atom. The number of imide groups is 1. The number of rotatable bonds is 2. The third kappa shape index (κ3) is 2.01. The van der Waals surface area contributed by atoms with Crippen LogP contribution in [0.1, 0.15) is 31.1 Å². The van der Waals surface area contributed by atoms with E-state index < -0.39 is 11.8 Å². The molecule has 3 rings (SSSR count). The second-order valence-electron chi connectivity index (χ2n) is 4.11. The zero-order valence-electron chi connectivity index (χ0n) is 9.90. The molecule has 3 amide bonds. The molecule has 0 aliphatic carbocycles. The Hall–Kier alpha value is -2.41. The van der Waals surface area contributed by atoms with Gasteiger partial charge in [-0.25, -0.2) is 0 Å². The van der Waals surface area contributed by atoms with E-state index in [-0.39, 0.29) is 11.5 Å². The van der Waals surface area contributed by atoms with Crippen molar-refractivity contribution in [3.8, 4) is 0 Å². The number of anilines is 1. The summed E-state index contributed by atoms with van der Waals surface area (Å²) in [5.74, 6) is -1.28. The van der Waals surface area contributed by atoms with Crippen molar-refractivity contribution in [3.63, 3.8) is 0 Å². The number of furan rings is 1. The Balaban J connectivity index is 1.88. The molecule has 1 aromatic heterocycles. The summed E-state index contributed by atoms with van der Waals surface area (Å²) in [6.07, 6.45) is 1.38. The fourth-order valence-electron chi connectivity index (χ4n) is 1.90. The van der Waals surface area contributed by atoms with Crippen molar-refractivity contribution >= 4 is 39.3 Å². The molecule has 1 aliphatic heterocycles. The average Bonchev–Trinajstić information content (AvgIpc) is 2.95. The van der Waals surface area contributed by atoms with E-state index in [0.717, 1.165) is 0 Å². The van der Waals surface area contributed by atoms with Gasteiger partial charge < -0.3 is 9.73 Å². The van der Waals surface area contributed by atoms with Crippen LogP contribution in [0.4, 0.5) is 5.69 Å². The van der Waals surface area contributed by atoms with Gasteiger partial charge in [0.25, 0.3) is 17.7 Å². The van der Waals surface area contributed by atoms with Crippen molar-refractivity contribution in [2.75, 3.05) is 5.32 Å². The minimum absolute atomic E-state index is 0.249. The van der Waals surface area contributed by atoms with E-state index in [4.69, 9.17) is 4.42 Å². The van der Waals surface area contributed by atoms with Crippen LogP contribution in [0.3, 0.4) is 0 Å². The third-order valence-electron chi connectivity index (χ3n) is 2.86. The zero-order chi connectivity index (χ0) is 14.3. The average molecular weight is 335 g/mol. The molecular formula is C13H7BrN2O4. The monoisotopic (exact) mass is 334 g/mol. The molecule has 1 aliphatic rings. The Morgan fingerprint density at radius 2 is 1.90 bits per heavy atom. The first-order chi connectivity index (χ1) is 9.56. The standard InChI is InChI=1S/C13H7BrN2O4/c14-10-8(3-4-20-10)12(18)15-6-1-2-7-9(5-6)13(19)16-11(7)17/h1-5H,(H,15,18)(H,16,17,19). The first-order valence-corrected chi connectivity index (χ1v) is 6.39. The van der Waals surface area contributed by atoms with Gasteiger partial charge in [-0.2, -0.15) is 0 Å². The van der Waals surface area contributed by atoms with Crippen LogP contribution in [0.2, 0.25) is 0 Å². The molecule has 0 atom stereocenters. The van der Waals surface area contributed by atoms with Crippen LogP contribution in [0.5, 0.6) is 0 Å².